The number of aryl methyl sites for hydroxylation is 1. The molecular weight excluding hydrogens is 276 g/mol. The molecule has 0 saturated carbocycles. The van der Waals surface area contributed by atoms with E-state index in [4.69, 9.17) is 4.42 Å². The van der Waals surface area contributed by atoms with Crippen molar-refractivity contribution in [2.24, 2.45) is 0 Å². The maximum Gasteiger partial charge on any atom is 0.264 e. The summed E-state index contributed by atoms with van der Waals surface area (Å²) in [6, 6.07) is 3.78. The highest BCUT2D eigenvalue weighted by Gasteiger charge is 2.23. The molecule has 0 radical (unpaired) electrons. The van der Waals surface area contributed by atoms with Crippen LogP contribution in [0.15, 0.2) is 21.9 Å². The van der Waals surface area contributed by atoms with E-state index in [2.05, 4.69) is 15.1 Å². The molecule has 0 N–H and O–H groups in total. The third-order valence-corrected chi connectivity index (χ3v) is 4.18. The molecule has 0 bridgehead atoms. The molecule has 1 amide bonds. The summed E-state index contributed by atoms with van der Waals surface area (Å²) in [5.74, 6) is 1.36. The number of amides is 1. The zero-order chi connectivity index (χ0) is 13.9. The fourth-order valence-corrected chi connectivity index (χ4v) is 2.95. The van der Waals surface area contributed by atoms with Crippen LogP contribution in [0.25, 0.3) is 0 Å². The molecule has 3 heterocycles. The first kappa shape index (κ1) is 13.3. The molecule has 0 atom stereocenters. The Kier molecular flexibility index (Phi) is 3.79. The van der Waals surface area contributed by atoms with E-state index in [0.29, 0.717) is 18.3 Å². The second-order valence-corrected chi connectivity index (χ2v) is 5.71. The molecule has 6 nitrogen and oxygen atoms in total. The average molecular weight is 292 g/mol. The molecule has 1 fully saturated rings. The largest absolute Gasteiger partial charge is 0.424 e. The first-order chi connectivity index (χ1) is 9.72. The van der Waals surface area contributed by atoms with Crippen molar-refractivity contribution in [1.82, 2.24) is 20.0 Å². The molecule has 20 heavy (non-hydrogen) atoms. The molecule has 106 valence electrons. The lowest BCUT2D eigenvalue weighted by atomic mass is 10.3. The van der Waals surface area contributed by atoms with Gasteiger partial charge in [0.2, 0.25) is 11.8 Å². The van der Waals surface area contributed by atoms with Gasteiger partial charge in [-0.1, -0.05) is 6.07 Å². The van der Waals surface area contributed by atoms with Crippen LogP contribution in [0.4, 0.5) is 0 Å². The summed E-state index contributed by atoms with van der Waals surface area (Å²) >= 11 is 1.49. The number of piperazine rings is 1. The fraction of sp³-hybridized carbons (Fsp3) is 0.462. The molecule has 7 heteroatoms. The third-order valence-electron chi connectivity index (χ3n) is 3.32. The Morgan fingerprint density at radius 3 is 2.75 bits per heavy atom. The maximum absolute atomic E-state index is 12.2. The Bertz CT molecular complexity index is 573. The van der Waals surface area contributed by atoms with Crippen LogP contribution < -0.4 is 0 Å². The van der Waals surface area contributed by atoms with Crippen molar-refractivity contribution in [2.45, 2.75) is 13.5 Å². The van der Waals surface area contributed by atoms with E-state index in [1.54, 1.807) is 6.92 Å². The summed E-state index contributed by atoms with van der Waals surface area (Å²) in [7, 11) is 0. The number of aromatic nitrogens is 2. The molecule has 0 unspecified atom stereocenters. The topological polar surface area (TPSA) is 62.5 Å². The Hall–Kier alpha value is -1.73. The number of carbonyl (C=O) groups is 1. The monoisotopic (exact) mass is 292 g/mol. The van der Waals surface area contributed by atoms with Gasteiger partial charge in [-0.2, -0.15) is 0 Å². The van der Waals surface area contributed by atoms with E-state index >= 15 is 0 Å². The Balaban J connectivity index is 1.53. The van der Waals surface area contributed by atoms with Crippen LogP contribution in [-0.2, 0) is 6.54 Å². The van der Waals surface area contributed by atoms with Gasteiger partial charge < -0.3 is 9.32 Å². The second-order valence-electron chi connectivity index (χ2n) is 4.76. The number of hydrogen-bond acceptors (Lipinski definition) is 6. The SMILES string of the molecule is Cc1nnc(CN2CCN(C(=O)c3cccs3)CC2)o1. The van der Waals surface area contributed by atoms with Gasteiger partial charge in [0.1, 0.15) is 0 Å². The minimum Gasteiger partial charge on any atom is -0.424 e. The number of nitrogens with zero attached hydrogens (tertiary/aromatic N) is 4. The van der Waals surface area contributed by atoms with Crippen molar-refractivity contribution in [3.05, 3.63) is 34.2 Å². The predicted molar refractivity (Wildman–Crippen MR) is 74.5 cm³/mol. The molecule has 1 aliphatic rings. The zero-order valence-electron chi connectivity index (χ0n) is 11.3. The summed E-state index contributed by atoms with van der Waals surface area (Å²) in [6.45, 7) is 5.58. The summed E-state index contributed by atoms with van der Waals surface area (Å²) in [6.07, 6.45) is 0. The van der Waals surface area contributed by atoms with Crippen molar-refractivity contribution >= 4 is 17.2 Å². The van der Waals surface area contributed by atoms with Crippen molar-refractivity contribution in [1.29, 1.82) is 0 Å². The van der Waals surface area contributed by atoms with E-state index in [0.717, 1.165) is 31.1 Å². The quantitative estimate of drug-likeness (QED) is 0.855. The minimum atomic E-state index is 0.133. The lowest BCUT2D eigenvalue weighted by molar-refractivity contribution is 0.0622. The number of rotatable bonds is 3. The van der Waals surface area contributed by atoms with E-state index in [1.807, 2.05) is 22.4 Å². The first-order valence-electron chi connectivity index (χ1n) is 6.56. The number of hydrogen-bond donors (Lipinski definition) is 0. The highest BCUT2D eigenvalue weighted by Crippen LogP contribution is 2.14. The molecule has 0 aromatic carbocycles. The summed E-state index contributed by atoms with van der Waals surface area (Å²) in [5.41, 5.74) is 0. The van der Waals surface area contributed by atoms with Crippen LogP contribution >= 0.6 is 11.3 Å². The summed E-state index contributed by atoms with van der Waals surface area (Å²) in [4.78, 5) is 17.1. The van der Waals surface area contributed by atoms with Gasteiger partial charge >= 0.3 is 0 Å². The van der Waals surface area contributed by atoms with Crippen LogP contribution in [-0.4, -0.2) is 52.1 Å². The van der Waals surface area contributed by atoms with Gasteiger partial charge in [0.05, 0.1) is 11.4 Å². The van der Waals surface area contributed by atoms with E-state index in [-0.39, 0.29) is 5.91 Å². The second kappa shape index (κ2) is 5.72. The van der Waals surface area contributed by atoms with Gasteiger partial charge in [-0.05, 0) is 11.4 Å². The first-order valence-corrected chi connectivity index (χ1v) is 7.44. The third kappa shape index (κ3) is 2.88. The molecule has 2 aromatic rings. The molecule has 3 rings (SSSR count). The van der Waals surface area contributed by atoms with Gasteiger partial charge in [-0.3, -0.25) is 9.69 Å². The highest BCUT2D eigenvalue weighted by atomic mass is 32.1. The molecule has 1 aliphatic heterocycles. The van der Waals surface area contributed by atoms with Crippen LogP contribution in [0.1, 0.15) is 21.5 Å². The Labute approximate surface area is 121 Å². The van der Waals surface area contributed by atoms with E-state index in [9.17, 15) is 4.79 Å². The maximum atomic E-state index is 12.2. The standard InChI is InChI=1S/C13H16N4O2S/c1-10-14-15-12(19-10)9-16-4-6-17(7-5-16)13(18)11-3-2-8-20-11/h2-3,8H,4-7,9H2,1H3. The van der Waals surface area contributed by atoms with Crippen LogP contribution in [0.3, 0.4) is 0 Å². The average Bonchev–Trinajstić information content (AvgIpc) is 3.11. The fourth-order valence-electron chi connectivity index (χ4n) is 2.26. The zero-order valence-corrected chi connectivity index (χ0v) is 12.1. The van der Waals surface area contributed by atoms with Crippen LogP contribution in [0, 0.1) is 6.92 Å². The molecule has 0 spiro atoms. The molecule has 0 aliphatic carbocycles. The van der Waals surface area contributed by atoms with Crippen LogP contribution in [0.2, 0.25) is 0 Å². The van der Waals surface area contributed by atoms with Crippen molar-refractivity contribution in [3.63, 3.8) is 0 Å². The van der Waals surface area contributed by atoms with Gasteiger partial charge in [-0.15, -0.1) is 21.5 Å². The number of thiophene rings is 1. The Morgan fingerprint density at radius 2 is 2.15 bits per heavy atom. The predicted octanol–water partition coefficient (Wildman–Crippen LogP) is 1.40. The van der Waals surface area contributed by atoms with Crippen LogP contribution in [0.5, 0.6) is 0 Å². The van der Waals surface area contributed by atoms with Gasteiger partial charge in [0.15, 0.2) is 0 Å². The molecule has 1 saturated heterocycles. The molecular formula is C13H16N4O2S. The lowest BCUT2D eigenvalue weighted by Crippen LogP contribution is -2.48. The highest BCUT2D eigenvalue weighted by molar-refractivity contribution is 7.12. The summed E-state index contributed by atoms with van der Waals surface area (Å²) in [5, 5.41) is 9.75. The minimum absolute atomic E-state index is 0.133. The van der Waals surface area contributed by atoms with E-state index in [1.165, 1.54) is 11.3 Å². The van der Waals surface area contributed by atoms with E-state index < -0.39 is 0 Å². The van der Waals surface area contributed by atoms with Crippen molar-refractivity contribution < 1.29 is 9.21 Å². The Morgan fingerprint density at radius 1 is 1.35 bits per heavy atom. The van der Waals surface area contributed by atoms with Crippen molar-refractivity contribution in [3.8, 4) is 0 Å². The normalized spacial score (nSPS) is 16.6. The van der Waals surface area contributed by atoms with Gasteiger partial charge in [0.25, 0.3) is 5.91 Å². The smallest absolute Gasteiger partial charge is 0.264 e. The van der Waals surface area contributed by atoms with Crippen molar-refractivity contribution in [2.75, 3.05) is 26.2 Å². The lowest BCUT2D eigenvalue weighted by Gasteiger charge is -2.33. The number of carbonyl (C=O) groups excluding carboxylic acids is 1. The van der Waals surface area contributed by atoms with Gasteiger partial charge in [0, 0.05) is 33.1 Å². The molecule has 2 aromatic heterocycles. The van der Waals surface area contributed by atoms with Gasteiger partial charge in [-0.25, -0.2) is 0 Å². The summed E-state index contributed by atoms with van der Waals surface area (Å²) < 4.78 is 5.38.